The Labute approximate surface area is 245 Å². The van der Waals surface area contributed by atoms with Crippen molar-refractivity contribution in [3.8, 4) is 0 Å². The molecule has 2 aromatic rings. The van der Waals surface area contributed by atoms with Crippen LogP contribution in [0.5, 0.6) is 0 Å². The summed E-state index contributed by atoms with van der Waals surface area (Å²) in [5.41, 5.74) is -0.515. The first kappa shape index (κ1) is 30.6. The standard InChI is InChI=1S/C34H41F4NO3/c1-31(2,3)25-7-5-6-21(18-25)20-33-16-17-39(29(40)22-8-10-23(11-9-22)30(41)42)28(33)15-12-24-19-26(13-14-27(24)33)32(4,35)34(36,37)38/h5-7,13-14,18-19,22-23,28H,8-12,15-17,20H2,1-4H3,(H,41,42). The van der Waals surface area contributed by atoms with Crippen molar-refractivity contribution in [3.05, 3.63) is 70.3 Å². The molecule has 42 heavy (non-hydrogen) atoms. The summed E-state index contributed by atoms with van der Waals surface area (Å²) < 4.78 is 55.8. The number of hydrogen-bond donors (Lipinski definition) is 1. The van der Waals surface area contributed by atoms with E-state index in [2.05, 4.69) is 39.0 Å². The van der Waals surface area contributed by atoms with Crippen LogP contribution < -0.4 is 0 Å². The van der Waals surface area contributed by atoms with E-state index in [1.54, 1.807) is 6.07 Å². The zero-order chi connectivity index (χ0) is 30.7. The Hall–Kier alpha value is -2.90. The van der Waals surface area contributed by atoms with Crippen LogP contribution in [0.1, 0.15) is 94.0 Å². The van der Waals surface area contributed by atoms with Crippen molar-refractivity contribution in [1.82, 2.24) is 4.90 Å². The molecule has 228 valence electrons. The molecular formula is C34H41F4NO3. The van der Waals surface area contributed by atoms with Crippen LogP contribution in [0.3, 0.4) is 0 Å². The van der Waals surface area contributed by atoms with Crippen LogP contribution in [-0.4, -0.2) is 40.6 Å². The Morgan fingerprint density at radius 1 is 0.905 bits per heavy atom. The SMILES string of the molecule is CC(C)(C)c1cccc(CC23CCN(C(=O)C4CCC(C(=O)O)CC4)C2CCc2cc(C(C)(F)C(F)(F)F)ccc23)c1. The number of carboxylic acid groups (broad SMARTS) is 1. The van der Waals surface area contributed by atoms with Gasteiger partial charge in [-0.15, -0.1) is 0 Å². The van der Waals surface area contributed by atoms with E-state index in [1.165, 1.54) is 17.7 Å². The normalized spacial score (nSPS) is 27.6. The Kier molecular flexibility index (Phi) is 7.76. The third-order valence-electron chi connectivity index (χ3n) is 10.2. The minimum atomic E-state index is -5.03. The van der Waals surface area contributed by atoms with Gasteiger partial charge in [-0.2, -0.15) is 13.2 Å². The molecule has 1 amide bonds. The van der Waals surface area contributed by atoms with Gasteiger partial charge in [0.15, 0.2) is 0 Å². The van der Waals surface area contributed by atoms with Gasteiger partial charge in [-0.1, -0.05) is 63.2 Å². The molecule has 3 atom stereocenters. The van der Waals surface area contributed by atoms with Crippen LogP contribution in [0.25, 0.3) is 0 Å². The largest absolute Gasteiger partial charge is 0.481 e. The maximum atomic E-state index is 15.0. The molecule has 8 heteroatoms. The number of carboxylic acids is 1. The molecule has 1 aliphatic heterocycles. The van der Waals surface area contributed by atoms with E-state index in [-0.39, 0.29) is 23.3 Å². The number of benzene rings is 2. The van der Waals surface area contributed by atoms with Crippen molar-refractivity contribution >= 4 is 11.9 Å². The summed E-state index contributed by atoms with van der Waals surface area (Å²) in [6.45, 7) is 7.55. The van der Waals surface area contributed by atoms with Crippen LogP contribution >= 0.6 is 0 Å². The van der Waals surface area contributed by atoms with Gasteiger partial charge in [-0.25, -0.2) is 4.39 Å². The van der Waals surface area contributed by atoms with Gasteiger partial charge < -0.3 is 10.0 Å². The Morgan fingerprint density at radius 3 is 2.19 bits per heavy atom. The van der Waals surface area contributed by atoms with Crippen molar-refractivity contribution in [3.63, 3.8) is 0 Å². The van der Waals surface area contributed by atoms with Gasteiger partial charge in [0.2, 0.25) is 11.6 Å². The monoisotopic (exact) mass is 587 g/mol. The quantitative estimate of drug-likeness (QED) is 0.366. The zero-order valence-electron chi connectivity index (χ0n) is 24.9. The van der Waals surface area contributed by atoms with Crippen LogP contribution in [0.2, 0.25) is 0 Å². The second kappa shape index (κ2) is 10.7. The predicted octanol–water partition coefficient (Wildman–Crippen LogP) is 7.65. The number of aryl methyl sites for hydroxylation is 1. The van der Waals surface area contributed by atoms with Crippen molar-refractivity contribution < 1.29 is 32.3 Å². The van der Waals surface area contributed by atoms with Gasteiger partial charge in [-0.3, -0.25) is 9.59 Å². The number of likely N-dealkylation sites (tertiary alicyclic amines) is 1. The summed E-state index contributed by atoms with van der Waals surface area (Å²) in [6, 6.07) is 12.6. The Morgan fingerprint density at radius 2 is 1.57 bits per heavy atom. The van der Waals surface area contributed by atoms with E-state index in [4.69, 9.17) is 0 Å². The Balaban J connectivity index is 1.52. The molecule has 1 N–H and O–H groups in total. The molecule has 0 radical (unpaired) electrons. The highest BCUT2D eigenvalue weighted by atomic mass is 19.4. The first-order valence-corrected chi connectivity index (χ1v) is 15.1. The molecule has 2 aliphatic carbocycles. The molecule has 1 saturated carbocycles. The van der Waals surface area contributed by atoms with E-state index in [9.17, 15) is 27.9 Å². The highest BCUT2D eigenvalue weighted by Crippen LogP contribution is 2.51. The predicted molar refractivity (Wildman–Crippen MR) is 153 cm³/mol. The van der Waals surface area contributed by atoms with Gasteiger partial charge >= 0.3 is 12.1 Å². The van der Waals surface area contributed by atoms with Crippen LogP contribution in [-0.2, 0) is 38.9 Å². The van der Waals surface area contributed by atoms with Gasteiger partial charge in [0, 0.05) is 23.9 Å². The molecule has 0 aromatic heterocycles. The molecule has 2 fully saturated rings. The number of amides is 1. The van der Waals surface area contributed by atoms with Gasteiger partial charge in [0.25, 0.3) is 0 Å². The lowest BCUT2D eigenvalue weighted by Gasteiger charge is -2.45. The second-order valence-corrected chi connectivity index (χ2v) is 13.9. The number of nitrogens with zero attached hydrogens (tertiary/aromatic N) is 1. The maximum absolute atomic E-state index is 15.0. The molecule has 4 nitrogen and oxygen atoms in total. The number of carbonyl (C=O) groups excluding carboxylic acids is 1. The van der Waals surface area contributed by atoms with E-state index < -0.39 is 34.7 Å². The minimum Gasteiger partial charge on any atom is -0.481 e. The molecule has 5 rings (SSSR count). The lowest BCUT2D eigenvalue weighted by atomic mass is 9.63. The fourth-order valence-corrected chi connectivity index (χ4v) is 7.62. The van der Waals surface area contributed by atoms with E-state index in [1.807, 2.05) is 11.0 Å². The fraction of sp³-hybridized carbons (Fsp3) is 0.588. The molecule has 1 heterocycles. The molecule has 0 spiro atoms. The van der Waals surface area contributed by atoms with Crippen LogP contribution in [0, 0.1) is 11.8 Å². The molecule has 1 saturated heterocycles. The zero-order valence-corrected chi connectivity index (χ0v) is 24.9. The fourth-order valence-electron chi connectivity index (χ4n) is 7.62. The lowest BCUT2D eigenvalue weighted by Crippen LogP contribution is -2.51. The van der Waals surface area contributed by atoms with Crippen molar-refractivity contribution in [2.75, 3.05) is 6.54 Å². The summed E-state index contributed by atoms with van der Waals surface area (Å²) >= 11 is 0. The minimum absolute atomic E-state index is 0.0580. The first-order chi connectivity index (χ1) is 19.5. The van der Waals surface area contributed by atoms with Crippen LogP contribution in [0.4, 0.5) is 17.6 Å². The molecule has 0 bridgehead atoms. The third kappa shape index (κ3) is 5.35. The lowest BCUT2D eigenvalue weighted by molar-refractivity contribution is -0.228. The van der Waals surface area contributed by atoms with E-state index in [0.29, 0.717) is 64.8 Å². The van der Waals surface area contributed by atoms with Gasteiger partial charge in [0.05, 0.1) is 5.92 Å². The summed E-state index contributed by atoms with van der Waals surface area (Å²) in [5, 5.41) is 9.40. The molecule has 2 aromatic carbocycles. The number of fused-ring (bicyclic) bond motifs is 3. The smallest absolute Gasteiger partial charge is 0.426 e. The Bertz CT molecular complexity index is 1350. The van der Waals surface area contributed by atoms with Crippen molar-refractivity contribution in [2.24, 2.45) is 11.8 Å². The van der Waals surface area contributed by atoms with Gasteiger partial charge in [-0.05, 0) is 91.5 Å². The van der Waals surface area contributed by atoms with E-state index >= 15 is 4.39 Å². The summed E-state index contributed by atoms with van der Waals surface area (Å²) in [6.07, 6.45) is -0.634. The number of rotatable bonds is 5. The van der Waals surface area contributed by atoms with Crippen molar-refractivity contribution in [2.45, 2.75) is 108 Å². The molecule has 3 unspecified atom stereocenters. The molecular weight excluding hydrogens is 546 g/mol. The first-order valence-electron chi connectivity index (χ1n) is 15.1. The number of carbonyl (C=O) groups is 2. The summed E-state index contributed by atoms with van der Waals surface area (Å²) in [4.78, 5) is 27.4. The number of alkyl halides is 4. The summed E-state index contributed by atoms with van der Waals surface area (Å²) in [5.74, 6) is -1.38. The summed E-state index contributed by atoms with van der Waals surface area (Å²) in [7, 11) is 0. The van der Waals surface area contributed by atoms with Gasteiger partial charge in [0.1, 0.15) is 0 Å². The van der Waals surface area contributed by atoms with Crippen LogP contribution in [0.15, 0.2) is 42.5 Å². The second-order valence-electron chi connectivity index (χ2n) is 13.9. The maximum Gasteiger partial charge on any atom is 0.426 e. The number of hydrogen-bond acceptors (Lipinski definition) is 2. The van der Waals surface area contributed by atoms with E-state index in [0.717, 1.165) is 16.7 Å². The number of halogens is 4. The number of aliphatic carboxylic acids is 1. The third-order valence-corrected chi connectivity index (χ3v) is 10.2. The molecule has 3 aliphatic rings. The average molecular weight is 588 g/mol. The van der Waals surface area contributed by atoms with Crippen molar-refractivity contribution in [1.29, 1.82) is 0 Å². The topological polar surface area (TPSA) is 57.6 Å². The highest BCUT2D eigenvalue weighted by molar-refractivity contribution is 5.80. The highest BCUT2D eigenvalue weighted by Gasteiger charge is 2.56. The average Bonchev–Trinajstić information content (AvgIpc) is 3.30.